The quantitative estimate of drug-likeness (QED) is 0.175. The second-order valence-electron chi connectivity index (χ2n) is 8.88. The van der Waals surface area contributed by atoms with Gasteiger partial charge in [0.25, 0.3) is 15.9 Å². The Balaban J connectivity index is 1.39. The van der Waals surface area contributed by atoms with Crippen LogP contribution in [-0.2, 0) is 10.0 Å². The van der Waals surface area contributed by atoms with Gasteiger partial charge in [-0.15, -0.1) is 0 Å². The Morgan fingerprint density at radius 3 is 2.30 bits per heavy atom. The average molecular weight is 570 g/mol. The monoisotopic (exact) mass is 569 g/mol. The molecule has 8 nitrogen and oxygen atoms in total. The number of amides is 1. The van der Waals surface area contributed by atoms with Crippen LogP contribution < -0.4 is 10.1 Å². The molecule has 10 heteroatoms. The van der Waals surface area contributed by atoms with Gasteiger partial charge in [-0.05, 0) is 55.5 Å². The molecule has 0 spiro atoms. The highest BCUT2D eigenvalue weighted by Crippen LogP contribution is 2.24. The molecule has 0 saturated carbocycles. The number of benzene rings is 4. The Labute approximate surface area is 237 Å². The van der Waals surface area contributed by atoms with Crippen LogP contribution in [0.4, 0.5) is 5.69 Å². The zero-order chi connectivity index (χ0) is 28.1. The molecule has 0 bridgehead atoms. The van der Waals surface area contributed by atoms with Crippen molar-refractivity contribution in [2.24, 2.45) is 5.10 Å². The fourth-order valence-corrected chi connectivity index (χ4v) is 5.14. The first-order chi connectivity index (χ1) is 19.3. The molecule has 4 aromatic carbocycles. The Hall–Kier alpha value is -4.73. The Bertz CT molecular complexity index is 1780. The average Bonchev–Trinajstić information content (AvgIpc) is 3.38. The zero-order valence-corrected chi connectivity index (χ0v) is 22.9. The van der Waals surface area contributed by atoms with Crippen LogP contribution in [0.1, 0.15) is 21.5 Å². The van der Waals surface area contributed by atoms with Gasteiger partial charge in [0.15, 0.2) is 0 Å². The van der Waals surface area contributed by atoms with Gasteiger partial charge in [0.1, 0.15) is 5.69 Å². The lowest BCUT2D eigenvalue weighted by atomic mass is 10.1. The van der Waals surface area contributed by atoms with Gasteiger partial charge >= 0.3 is 0 Å². The van der Waals surface area contributed by atoms with Gasteiger partial charge in [0.05, 0.1) is 28.0 Å². The summed E-state index contributed by atoms with van der Waals surface area (Å²) in [6.45, 7) is 2.01. The van der Waals surface area contributed by atoms with Crippen molar-refractivity contribution in [1.29, 1.82) is 0 Å². The number of halogens is 1. The van der Waals surface area contributed by atoms with Crippen LogP contribution in [-0.4, -0.2) is 30.3 Å². The number of rotatable bonds is 8. The van der Waals surface area contributed by atoms with Crippen molar-refractivity contribution >= 4 is 39.4 Å². The van der Waals surface area contributed by atoms with Crippen molar-refractivity contribution in [3.8, 4) is 16.9 Å². The van der Waals surface area contributed by atoms with Crippen molar-refractivity contribution in [3.63, 3.8) is 0 Å². The number of para-hydroxylation sites is 2. The number of nitrogens with zero attached hydrogens (tertiary/aromatic N) is 3. The molecule has 40 heavy (non-hydrogen) atoms. The van der Waals surface area contributed by atoms with Gasteiger partial charge in [-0.25, -0.2) is 18.5 Å². The van der Waals surface area contributed by atoms with E-state index < -0.39 is 15.9 Å². The number of hydrogen-bond donors (Lipinski definition) is 2. The minimum absolute atomic E-state index is 0.0178. The van der Waals surface area contributed by atoms with E-state index >= 15 is 0 Å². The third-order valence-electron chi connectivity index (χ3n) is 6.00. The van der Waals surface area contributed by atoms with Gasteiger partial charge in [-0.3, -0.25) is 9.52 Å². The molecule has 5 rings (SSSR count). The van der Waals surface area contributed by atoms with Gasteiger partial charge in [-0.2, -0.15) is 10.2 Å². The fraction of sp³-hybridized carbons (Fsp3) is 0.0333. The van der Waals surface area contributed by atoms with Gasteiger partial charge in [0, 0.05) is 22.3 Å². The van der Waals surface area contributed by atoms with Crippen molar-refractivity contribution in [2.45, 2.75) is 11.8 Å². The van der Waals surface area contributed by atoms with E-state index in [1.165, 1.54) is 42.6 Å². The first-order valence-electron chi connectivity index (χ1n) is 12.2. The third-order valence-corrected chi connectivity index (χ3v) is 7.63. The maximum absolute atomic E-state index is 13.0. The molecule has 1 amide bonds. The predicted octanol–water partition coefficient (Wildman–Crippen LogP) is 6.07. The number of hydrazone groups is 1. The van der Waals surface area contributed by atoms with Crippen LogP contribution in [0.15, 0.2) is 119 Å². The number of carbonyl (C=O) groups excluding carboxylic acids is 1. The Morgan fingerprint density at radius 2 is 1.57 bits per heavy atom. The largest absolute Gasteiger partial charge is 0.279 e. The van der Waals surface area contributed by atoms with E-state index in [2.05, 4.69) is 15.2 Å². The first-order valence-corrected chi connectivity index (χ1v) is 14.1. The molecule has 200 valence electrons. The van der Waals surface area contributed by atoms with E-state index in [0.29, 0.717) is 16.3 Å². The maximum atomic E-state index is 13.0. The highest BCUT2D eigenvalue weighted by molar-refractivity contribution is 7.92. The number of carbonyl (C=O) groups is 1. The number of nitrogens with one attached hydrogen (secondary N) is 2. The molecule has 0 radical (unpaired) electrons. The summed E-state index contributed by atoms with van der Waals surface area (Å²) >= 11 is 5.88. The number of aryl methyl sites for hydroxylation is 1. The summed E-state index contributed by atoms with van der Waals surface area (Å²) < 4.78 is 30.0. The topological polar surface area (TPSA) is 105 Å². The molecule has 0 aliphatic heterocycles. The van der Waals surface area contributed by atoms with Gasteiger partial charge < -0.3 is 0 Å². The minimum atomic E-state index is -3.95. The second kappa shape index (κ2) is 11.6. The van der Waals surface area contributed by atoms with Crippen molar-refractivity contribution in [2.75, 3.05) is 4.72 Å². The fourth-order valence-electron chi connectivity index (χ4n) is 3.94. The Kier molecular flexibility index (Phi) is 7.77. The van der Waals surface area contributed by atoms with Gasteiger partial charge in [0.2, 0.25) is 0 Å². The summed E-state index contributed by atoms with van der Waals surface area (Å²) in [7, 11) is -3.95. The van der Waals surface area contributed by atoms with Crippen molar-refractivity contribution < 1.29 is 13.2 Å². The molecule has 1 heterocycles. The molecular formula is C30H24ClN5O3S. The first kappa shape index (κ1) is 26.9. The molecule has 5 aromatic rings. The van der Waals surface area contributed by atoms with E-state index in [1.54, 1.807) is 16.8 Å². The highest BCUT2D eigenvalue weighted by atomic mass is 35.5. The molecule has 0 aliphatic carbocycles. The summed E-state index contributed by atoms with van der Waals surface area (Å²) in [5.74, 6) is -0.585. The molecule has 2 N–H and O–H groups in total. The minimum Gasteiger partial charge on any atom is -0.279 e. The molecular weight excluding hydrogens is 546 g/mol. The summed E-state index contributed by atoms with van der Waals surface area (Å²) in [5, 5.41) is 9.33. The van der Waals surface area contributed by atoms with E-state index in [9.17, 15) is 13.2 Å². The standard InChI is InChI=1S/C30H24ClN5O3S/c1-21-11-13-22(14-12-21)29-23(20-36(34-29)25-7-3-2-4-8-25)19-32-33-30(37)27-9-5-6-10-28(27)35-40(38,39)26-17-15-24(31)16-18-26/h2-20,35H,1H3,(H,33,37)/b32-19+. The van der Waals surface area contributed by atoms with Crippen LogP contribution in [0.25, 0.3) is 16.9 Å². The Morgan fingerprint density at radius 1 is 0.900 bits per heavy atom. The predicted molar refractivity (Wildman–Crippen MR) is 157 cm³/mol. The number of anilines is 1. The lowest BCUT2D eigenvalue weighted by Gasteiger charge is -2.11. The lowest BCUT2D eigenvalue weighted by molar-refractivity contribution is 0.0956. The number of hydrogen-bond acceptors (Lipinski definition) is 5. The molecule has 0 atom stereocenters. The lowest BCUT2D eigenvalue weighted by Crippen LogP contribution is -2.21. The van der Waals surface area contributed by atoms with Crippen LogP contribution in [0, 0.1) is 6.92 Å². The van der Waals surface area contributed by atoms with E-state index in [4.69, 9.17) is 16.7 Å². The molecule has 1 aromatic heterocycles. The summed E-state index contributed by atoms with van der Waals surface area (Å²) in [5.41, 5.74) is 7.00. The van der Waals surface area contributed by atoms with Crippen LogP contribution >= 0.6 is 11.6 Å². The maximum Gasteiger partial charge on any atom is 0.273 e. The summed E-state index contributed by atoms with van der Waals surface area (Å²) in [6.07, 6.45) is 3.34. The van der Waals surface area contributed by atoms with E-state index in [1.807, 2.05) is 67.7 Å². The number of sulfonamides is 1. The van der Waals surface area contributed by atoms with Crippen LogP contribution in [0.2, 0.25) is 5.02 Å². The van der Waals surface area contributed by atoms with Crippen molar-refractivity contribution in [3.05, 3.63) is 131 Å². The summed E-state index contributed by atoms with van der Waals surface area (Å²) in [6, 6.07) is 29.6. The molecule has 0 saturated heterocycles. The highest BCUT2D eigenvalue weighted by Gasteiger charge is 2.19. The SMILES string of the molecule is Cc1ccc(-c2nn(-c3ccccc3)cc2/C=N/NC(=O)c2ccccc2NS(=O)(=O)c2ccc(Cl)cc2)cc1. The summed E-state index contributed by atoms with van der Waals surface area (Å²) in [4.78, 5) is 13.1. The van der Waals surface area contributed by atoms with Crippen molar-refractivity contribution in [1.82, 2.24) is 15.2 Å². The third kappa shape index (κ3) is 6.12. The van der Waals surface area contributed by atoms with Crippen LogP contribution in [0.5, 0.6) is 0 Å². The van der Waals surface area contributed by atoms with Gasteiger partial charge in [-0.1, -0.05) is 71.8 Å². The molecule has 0 fully saturated rings. The normalized spacial score (nSPS) is 11.4. The molecule has 0 unspecified atom stereocenters. The molecule has 0 aliphatic rings. The zero-order valence-electron chi connectivity index (χ0n) is 21.3. The van der Waals surface area contributed by atoms with E-state index in [-0.39, 0.29) is 16.1 Å². The van der Waals surface area contributed by atoms with E-state index in [0.717, 1.165) is 16.8 Å². The smallest absolute Gasteiger partial charge is 0.273 e. The second-order valence-corrected chi connectivity index (χ2v) is 11.0. The number of aromatic nitrogens is 2. The van der Waals surface area contributed by atoms with Crippen LogP contribution in [0.3, 0.4) is 0 Å².